The van der Waals surface area contributed by atoms with Gasteiger partial charge in [-0.3, -0.25) is 14.0 Å². The lowest BCUT2D eigenvalue weighted by Gasteiger charge is -2.28. The number of para-hydroxylation sites is 1. The van der Waals surface area contributed by atoms with Crippen LogP contribution in [0.2, 0.25) is 0 Å². The number of hydrogen-bond donors (Lipinski definition) is 6. The lowest BCUT2D eigenvalue weighted by Crippen LogP contribution is -2.41. The number of anilines is 4. The quantitative estimate of drug-likeness (QED) is 0.0799. The highest BCUT2D eigenvalue weighted by Gasteiger charge is 2.24. The van der Waals surface area contributed by atoms with E-state index in [1.807, 2.05) is 0 Å². The molecule has 0 bridgehead atoms. The van der Waals surface area contributed by atoms with Gasteiger partial charge in [-0.1, -0.05) is 54.6 Å². The van der Waals surface area contributed by atoms with Gasteiger partial charge in [0.25, 0.3) is 20.2 Å². The molecule has 0 saturated heterocycles. The summed E-state index contributed by atoms with van der Waals surface area (Å²) in [5.41, 5.74) is 0.343. The second kappa shape index (κ2) is 12.8. The Bertz CT molecular complexity index is 1840. The summed E-state index contributed by atoms with van der Waals surface area (Å²) >= 11 is 0. The second-order valence-electron chi connectivity index (χ2n) is 9.11. The molecule has 0 amide bonds. The van der Waals surface area contributed by atoms with Crippen molar-refractivity contribution >= 4 is 55.5 Å². The molecule has 1 heterocycles. The zero-order valence-corrected chi connectivity index (χ0v) is 24.4. The molecule has 14 nitrogen and oxygen atoms in total. The molecule has 0 radical (unpaired) electrons. The van der Waals surface area contributed by atoms with Gasteiger partial charge in [-0.2, -0.15) is 31.8 Å². The summed E-state index contributed by atoms with van der Waals surface area (Å²) in [6.07, 6.45) is -1.28. The SMILES string of the molecule is CC(O)N(c1nc(NC(=Cc2ccccc2S(=O)(=O)O)c2ccccc2S(=O)(=O)O)nc(Nc2ccccc2)n1)C(C)O. The van der Waals surface area contributed by atoms with Gasteiger partial charge < -0.3 is 20.8 Å². The van der Waals surface area contributed by atoms with E-state index < -0.39 is 42.5 Å². The van der Waals surface area contributed by atoms with Crippen molar-refractivity contribution in [2.24, 2.45) is 0 Å². The van der Waals surface area contributed by atoms with Gasteiger partial charge in [0.2, 0.25) is 17.8 Å². The van der Waals surface area contributed by atoms with Crippen LogP contribution in [0.3, 0.4) is 0 Å². The smallest absolute Gasteiger partial charge is 0.295 e. The van der Waals surface area contributed by atoms with Gasteiger partial charge in [-0.15, -0.1) is 0 Å². The molecule has 0 aliphatic carbocycles. The predicted octanol–water partition coefficient (Wildman–Crippen LogP) is 3.20. The molecular formula is C27H28N6O8S2. The molecule has 43 heavy (non-hydrogen) atoms. The topological polar surface area (TPSA) is 215 Å². The zero-order valence-electron chi connectivity index (χ0n) is 22.8. The summed E-state index contributed by atoms with van der Waals surface area (Å²) in [6, 6.07) is 19.6. The number of rotatable bonds is 11. The van der Waals surface area contributed by atoms with Gasteiger partial charge in [0, 0.05) is 11.3 Å². The highest BCUT2D eigenvalue weighted by atomic mass is 32.2. The van der Waals surface area contributed by atoms with Crippen LogP contribution >= 0.6 is 0 Å². The Kier molecular flexibility index (Phi) is 9.39. The maximum atomic E-state index is 12.3. The van der Waals surface area contributed by atoms with E-state index >= 15 is 0 Å². The first-order valence-electron chi connectivity index (χ1n) is 12.6. The van der Waals surface area contributed by atoms with Crippen molar-refractivity contribution in [3.8, 4) is 0 Å². The molecule has 226 valence electrons. The molecule has 0 fully saturated rings. The molecule has 0 saturated carbocycles. The fraction of sp³-hybridized carbons (Fsp3) is 0.148. The number of nitrogens with one attached hydrogen (secondary N) is 2. The lowest BCUT2D eigenvalue weighted by atomic mass is 10.1. The molecule has 0 spiro atoms. The molecule has 2 unspecified atom stereocenters. The van der Waals surface area contributed by atoms with Gasteiger partial charge in [0.15, 0.2) is 0 Å². The monoisotopic (exact) mass is 628 g/mol. The Morgan fingerprint density at radius 2 is 1.28 bits per heavy atom. The molecule has 3 aromatic carbocycles. The van der Waals surface area contributed by atoms with Crippen molar-refractivity contribution in [3.63, 3.8) is 0 Å². The summed E-state index contributed by atoms with van der Waals surface area (Å²) in [5, 5.41) is 26.5. The zero-order chi connectivity index (χ0) is 31.4. The van der Waals surface area contributed by atoms with Crippen LogP contribution in [0.1, 0.15) is 25.0 Å². The van der Waals surface area contributed by atoms with Crippen LogP contribution < -0.4 is 15.5 Å². The Morgan fingerprint density at radius 1 is 0.744 bits per heavy atom. The van der Waals surface area contributed by atoms with Crippen molar-refractivity contribution in [2.45, 2.75) is 36.1 Å². The molecule has 4 rings (SSSR count). The van der Waals surface area contributed by atoms with Gasteiger partial charge >= 0.3 is 0 Å². The van der Waals surface area contributed by atoms with E-state index in [1.165, 1.54) is 56.3 Å². The number of aliphatic hydroxyl groups is 2. The van der Waals surface area contributed by atoms with Crippen molar-refractivity contribution in [2.75, 3.05) is 15.5 Å². The Hall–Kier alpha value is -4.45. The summed E-state index contributed by atoms with van der Waals surface area (Å²) in [7, 11) is -9.49. The van der Waals surface area contributed by atoms with Gasteiger partial charge in [0.05, 0.1) is 5.70 Å². The lowest BCUT2D eigenvalue weighted by molar-refractivity contribution is 0.103. The minimum absolute atomic E-state index is 0.0363. The third kappa shape index (κ3) is 7.89. The second-order valence-corrected chi connectivity index (χ2v) is 11.9. The molecule has 1 aromatic heterocycles. The van der Waals surface area contributed by atoms with Gasteiger partial charge in [-0.25, -0.2) is 0 Å². The van der Waals surface area contributed by atoms with E-state index in [0.717, 1.165) is 17.0 Å². The summed E-state index contributed by atoms with van der Waals surface area (Å²) in [5.74, 6) is -0.442. The maximum Gasteiger partial charge on any atom is 0.295 e. The van der Waals surface area contributed by atoms with Crippen molar-refractivity contribution in [3.05, 3.63) is 90.0 Å². The average Bonchev–Trinajstić information content (AvgIpc) is 2.92. The first-order chi connectivity index (χ1) is 20.2. The minimum Gasteiger partial charge on any atom is -0.374 e. The number of nitrogens with zero attached hydrogens (tertiary/aromatic N) is 4. The van der Waals surface area contributed by atoms with Crippen LogP contribution in [-0.4, -0.2) is 63.6 Å². The Labute approximate surface area is 247 Å². The molecule has 16 heteroatoms. The normalized spacial score (nSPS) is 13.7. The number of benzene rings is 3. The average molecular weight is 629 g/mol. The van der Waals surface area contributed by atoms with E-state index in [1.54, 1.807) is 30.3 Å². The summed E-state index contributed by atoms with van der Waals surface area (Å²) in [6.45, 7) is 2.77. The number of hydrogen-bond acceptors (Lipinski definition) is 12. The molecular weight excluding hydrogens is 600 g/mol. The van der Waals surface area contributed by atoms with E-state index in [0.29, 0.717) is 5.69 Å². The fourth-order valence-corrected chi connectivity index (χ4v) is 5.48. The van der Waals surface area contributed by atoms with Gasteiger partial charge in [0.1, 0.15) is 22.2 Å². The summed E-state index contributed by atoms with van der Waals surface area (Å²) < 4.78 is 68.5. The Balaban J connectivity index is 1.95. The van der Waals surface area contributed by atoms with Crippen LogP contribution in [0.25, 0.3) is 11.8 Å². The van der Waals surface area contributed by atoms with Crippen molar-refractivity contribution in [1.29, 1.82) is 0 Å². The van der Waals surface area contributed by atoms with E-state index in [-0.39, 0.29) is 34.7 Å². The van der Waals surface area contributed by atoms with E-state index in [4.69, 9.17) is 0 Å². The third-order valence-electron chi connectivity index (χ3n) is 5.89. The van der Waals surface area contributed by atoms with E-state index in [9.17, 15) is 36.2 Å². The van der Waals surface area contributed by atoms with Crippen molar-refractivity contribution in [1.82, 2.24) is 15.0 Å². The first-order valence-corrected chi connectivity index (χ1v) is 15.5. The highest BCUT2D eigenvalue weighted by Crippen LogP contribution is 2.29. The third-order valence-corrected chi connectivity index (χ3v) is 7.73. The van der Waals surface area contributed by atoms with Crippen LogP contribution in [-0.2, 0) is 20.2 Å². The molecule has 0 aliphatic rings. The standard InChI is InChI=1S/C27H28N6O8S2/c1-17(34)33(18(2)35)27-31-25(28-20-11-4-3-5-12-20)30-26(32-27)29-22(21-13-7-9-15-24(21)43(39,40)41)16-19-10-6-8-14-23(19)42(36,37)38/h3-18,34-35H,1-2H3,(H,36,37,38)(H,39,40,41)(H2,28,29,30,31,32). The largest absolute Gasteiger partial charge is 0.374 e. The van der Waals surface area contributed by atoms with Crippen LogP contribution in [0, 0.1) is 0 Å². The highest BCUT2D eigenvalue weighted by molar-refractivity contribution is 7.86. The van der Waals surface area contributed by atoms with Crippen LogP contribution in [0.4, 0.5) is 23.5 Å². The molecule has 4 aromatic rings. The van der Waals surface area contributed by atoms with Crippen LogP contribution in [0.15, 0.2) is 88.7 Å². The molecule has 0 aliphatic heterocycles. The number of aliphatic hydroxyl groups excluding tert-OH is 2. The molecule has 2 atom stereocenters. The molecule has 6 N–H and O–H groups in total. The van der Waals surface area contributed by atoms with Crippen LogP contribution in [0.5, 0.6) is 0 Å². The van der Waals surface area contributed by atoms with E-state index in [2.05, 4.69) is 25.6 Å². The fourth-order valence-electron chi connectivity index (χ4n) is 4.09. The van der Waals surface area contributed by atoms with Crippen molar-refractivity contribution < 1.29 is 36.2 Å². The predicted molar refractivity (Wildman–Crippen MR) is 159 cm³/mol. The Morgan fingerprint density at radius 3 is 1.88 bits per heavy atom. The number of aromatic nitrogens is 3. The maximum absolute atomic E-state index is 12.3. The summed E-state index contributed by atoms with van der Waals surface area (Å²) in [4.78, 5) is 13.0. The first kappa shape index (κ1) is 31.5. The van der Waals surface area contributed by atoms with Gasteiger partial charge in [-0.05, 0) is 49.8 Å². The minimum atomic E-state index is -4.78.